The fourth-order valence-corrected chi connectivity index (χ4v) is 2.57. The Balaban J connectivity index is 2.68. The fraction of sp³-hybridized carbons (Fsp3) is 0.455. The van der Waals surface area contributed by atoms with Gasteiger partial charge in [-0.15, -0.1) is 0 Å². The lowest BCUT2D eigenvalue weighted by atomic mass is 10.3. The summed E-state index contributed by atoms with van der Waals surface area (Å²) in [6.07, 6.45) is -0.287. The molecule has 16 heavy (non-hydrogen) atoms. The van der Waals surface area contributed by atoms with Crippen molar-refractivity contribution in [1.82, 2.24) is 0 Å². The van der Waals surface area contributed by atoms with Crippen LogP contribution in [-0.2, 0) is 15.5 Å². The molecule has 0 amide bonds. The number of ether oxygens (including phenoxy) is 1. The molecule has 0 spiro atoms. The minimum Gasteiger partial charge on any atom is -0.376 e. The smallest absolute Gasteiger partial charge is 0.139 e. The van der Waals surface area contributed by atoms with Gasteiger partial charge in [0.2, 0.25) is 0 Å². The van der Waals surface area contributed by atoms with Gasteiger partial charge >= 0.3 is 0 Å². The second-order valence-electron chi connectivity index (χ2n) is 3.26. The molecule has 0 heterocycles. The Bertz CT molecular complexity index is 360. The highest BCUT2D eigenvalue weighted by atomic mass is 32.2. The molecule has 0 saturated heterocycles. The molecule has 90 valence electrons. The molecule has 3 nitrogen and oxygen atoms in total. The van der Waals surface area contributed by atoms with E-state index in [-0.39, 0.29) is 23.3 Å². The van der Waals surface area contributed by atoms with Gasteiger partial charge < -0.3 is 10.5 Å². The van der Waals surface area contributed by atoms with Crippen LogP contribution in [0.1, 0.15) is 6.92 Å². The fourth-order valence-electron chi connectivity index (χ4n) is 1.31. The van der Waals surface area contributed by atoms with Crippen LogP contribution in [0.15, 0.2) is 29.2 Å². The van der Waals surface area contributed by atoms with Crippen molar-refractivity contribution in [3.8, 4) is 0 Å². The predicted octanol–water partition coefficient (Wildman–Crippen LogP) is 1.30. The van der Waals surface area contributed by atoms with Crippen molar-refractivity contribution >= 4 is 10.8 Å². The summed E-state index contributed by atoms with van der Waals surface area (Å²) in [7, 11) is -1.41. The molecule has 1 rings (SSSR count). The maximum atomic E-state index is 13.3. The van der Waals surface area contributed by atoms with Crippen molar-refractivity contribution in [3.63, 3.8) is 0 Å². The summed E-state index contributed by atoms with van der Waals surface area (Å²) in [5.74, 6) is -0.223. The Hall–Kier alpha value is -0.780. The van der Waals surface area contributed by atoms with E-state index in [0.29, 0.717) is 6.61 Å². The molecule has 1 aromatic rings. The third-order valence-electron chi connectivity index (χ3n) is 2.08. The van der Waals surface area contributed by atoms with E-state index in [1.54, 1.807) is 12.1 Å². The summed E-state index contributed by atoms with van der Waals surface area (Å²) < 4.78 is 30.4. The van der Waals surface area contributed by atoms with Gasteiger partial charge in [0.25, 0.3) is 0 Å². The first kappa shape index (κ1) is 13.3. The van der Waals surface area contributed by atoms with E-state index in [0.717, 1.165) is 0 Å². The van der Waals surface area contributed by atoms with Gasteiger partial charge in [0, 0.05) is 13.2 Å². The number of halogens is 1. The topological polar surface area (TPSA) is 52.3 Å². The van der Waals surface area contributed by atoms with Crippen molar-refractivity contribution in [2.75, 3.05) is 18.9 Å². The Morgan fingerprint density at radius 3 is 2.75 bits per heavy atom. The molecule has 0 aromatic heterocycles. The molecule has 0 aliphatic rings. The van der Waals surface area contributed by atoms with Crippen LogP contribution in [0.4, 0.5) is 4.39 Å². The van der Waals surface area contributed by atoms with E-state index in [1.165, 1.54) is 12.1 Å². The molecule has 2 atom stereocenters. The summed E-state index contributed by atoms with van der Waals surface area (Å²) >= 11 is 0. The van der Waals surface area contributed by atoms with Gasteiger partial charge in [0.15, 0.2) is 0 Å². The molecule has 2 N–H and O–H groups in total. The third-order valence-corrected chi connectivity index (χ3v) is 3.58. The number of rotatable bonds is 6. The van der Waals surface area contributed by atoms with Gasteiger partial charge in [-0.25, -0.2) is 4.39 Å². The quantitative estimate of drug-likeness (QED) is 0.822. The van der Waals surface area contributed by atoms with Gasteiger partial charge in [0.05, 0.1) is 27.6 Å². The van der Waals surface area contributed by atoms with Crippen molar-refractivity contribution < 1.29 is 13.3 Å². The summed E-state index contributed by atoms with van der Waals surface area (Å²) in [4.78, 5) is 0.209. The first-order chi connectivity index (χ1) is 7.69. The molecule has 2 unspecified atom stereocenters. The van der Waals surface area contributed by atoms with E-state index >= 15 is 0 Å². The largest absolute Gasteiger partial charge is 0.376 e. The molecule has 0 radical (unpaired) electrons. The molecule has 0 saturated carbocycles. The van der Waals surface area contributed by atoms with E-state index in [2.05, 4.69) is 0 Å². The summed E-state index contributed by atoms with van der Waals surface area (Å²) in [6.45, 7) is 2.64. The first-order valence-electron chi connectivity index (χ1n) is 5.13. The first-order valence-corrected chi connectivity index (χ1v) is 6.45. The van der Waals surface area contributed by atoms with Crippen LogP contribution >= 0.6 is 0 Å². The molecule has 0 aliphatic heterocycles. The summed E-state index contributed by atoms with van der Waals surface area (Å²) in [5.41, 5.74) is 5.47. The van der Waals surface area contributed by atoms with Crippen molar-refractivity contribution in [3.05, 3.63) is 30.1 Å². The predicted molar refractivity (Wildman–Crippen MR) is 62.1 cm³/mol. The number of hydrogen-bond acceptors (Lipinski definition) is 3. The van der Waals surface area contributed by atoms with Gasteiger partial charge in [-0.2, -0.15) is 0 Å². The van der Waals surface area contributed by atoms with E-state index in [9.17, 15) is 8.60 Å². The van der Waals surface area contributed by atoms with Crippen LogP contribution in [0.2, 0.25) is 0 Å². The van der Waals surface area contributed by atoms with Gasteiger partial charge in [-0.3, -0.25) is 4.21 Å². The van der Waals surface area contributed by atoms with Crippen LogP contribution in [0.5, 0.6) is 0 Å². The van der Waals surface area contributed by atoms with E-state index < -0.39 is 16.6 Å². The van der Waals surface area contributed by atoms with Crippen LogP contribution < -0.4 is 5.73 Å². The van der Waals surface area contributed by atoms with Gasteiger partial charge in [-0.1, -0.05) is 12.1 Å². The highest BCUT2D eigenvalue weighted by Crippen LogP contribution is 2.12. The Morgan fingerprint density at radius 1 is 1.50 bits per heavy atom. The molecule has 1 aromatic carbocycles. The SMILES string of the molecule is CCOC(CN)CS(=O)c1ccccc1F. The molecule has 5 heteroatoms. The highest BCUT2D eigenvalue weighted by Gasteiger charge is 2.15. The van der Waals surface area contributed by atoms with Gasteiger partial charge in [-0.05, 0) is 19.1 Å². The normalized spacial score (nSPS) is 14.7. The standard InChI is InChI=1S/C11H16FNO2S/c1-2-15-9(7-13)8-16(14)11-6-4-3-5-10(11)12/h3-6,9H,2,7-8,13H2,1H3. The number of benzene rings is 1. The zero-order valence-electron chi connectivity index (χ0n) is 9.19. The zero-order chi connectivity index (χ0) is 12.0. The highest BCUT2D eigenvalue weighted by molar-refractivity contribution is 7.85. The van der Waals surface area contributed by atoms with Crippen LogP contribution in [0, 0.1) is 5.82 Å². The van der Waals surface area contributed by atoms with Crippen LogP contribution in [0.25, 0.3) is 0 Å². The van der Waals surface area contributed by atoms with Crippen molar-refractivity contribution in [1.29, 1.82) is 0 Å². The lowest BCUT2D eigenvalue weighted by Crippen LogP contribution is -2.29. The molecule has 0 fully saturated rings. The Morgan fingerprint density at radius 2 is 2.19 bits per heavy atom. The second kappa shape index (κ2) is 6.73. The summed E-state index contributed by atoms with van der Waals surface area (Å²) in [5, 5.41) is 0. The van der Waals surface area contributed by atoms with E-state index in [1.807, 2.05) is 6.92 Å². The lowest BCUT2D eigenvalue weighted by Gasteiger charge is -2.14. The van der Waals surface area contributed by atoms with Gasteiger partial charge in [0.1, 0.15) is 5.82 Å². The monoisotopic (exact) mass is 245 g/mol. The zero-order valence-corrected chi connectivity index (χ0v) is 10.0. The van der Waals surface area contributed by atoms with Crippen molar-refractivity contribution in [2.45, 2.75) is 17.9 Å². The average molecular weight is 245 g/mol. The maximum absolute atomic E-state index is 13.3. The molecular weight excluding hydrogens is 229 g/mol. The van der Waals surface area contributed by atoms with Crippen LogP contribution in [-0.4, -0.2) is 29.2 Å². The Labute approximate surface area is 97.2 Å². The number of hydrogen-bond donors (Lipinski definition) is 1. The maximum Gasteiger partial charge on any atom is 0.139 e. The molecule has 0 bridgehead atoms. The third kappa shape index (κ3) is 3.66. The minimum atomic E-state index is -1.41. The number of nitrogens with two attached hydrogens (primary N) is 1. The van der Waals surface area contributed by atoms with Crippen LogP contribution in [0.3, 0.4) is 0 Å². The average Bonchev–Trinajstić information content (AvgIpc) is 2.28. The minimum absolute atomic E-state index is 0.209. The van der Waals surface area contributed by atoms with E-state index in [4.69, 9.17) is 10.5 Å². The van der Waals surface area contributed by atoms with Crippen molar-refractivity contribution in [2.24, 2.45) is 5.73 Å². The lowest BCUT2D eigenvalue weighted by molar-refractivity contribution is 0.0852. The second-order valence-corrected chi connectivity index (χ2v) is 4.72. The molecular formula is C11H16FNO2S. The summed E-state index contributed by atoms with van der Waals surface area (Å²) in [6, 6.07) is 6.05. The Kier molecular flexibility index (Phi) is 5.59. The molecule has 0 aliphatic carbocycles.